The summed E-state index contributed by atoms with van der Waals surface area (Å²) < 4.78 is 0. The van der Waals surface area contributed by atoms with Crippen molar-refractivity contribution in [2.75, 3.05) is 10.8 Å². The molecule has 0 unspecified atom stereocenters. The maximum atomic E-state index is 11.1. The molecule has 0 N–H and O–H groups in total. The van der Waals surface area contributed by atoms with Crippen LogP contribution in [0.1, 0.15) is 13.8 Å². The first kappa shape index (κ1) is 12.1. The molecule has 0 aromatic heterocycles. The third kappa shape index (κ3) is 2.96. The summed E-state index contributed by atoms with van der Waals surface area (Å²) in [6.45, 7) is 4.12. The largest absolute Gasteiger partial charge is 0.310 e. The van der Waals surface area contributed by atoms with Gasteiger partial charge in [0.1, 0.15) is 0 Å². The Morgan fingerprint density at radius 1 is 1.33 bits per heavy atom. The molecule has 0 spiro atoms. The van der Waals surface area contributed by atoms with E-state index in [4.69, 9.17) is 11.6 Å². The SMILES string of the molecule is CC(C)[C@@H](CCl)N(C=O)c1ccccc1. The molecule has 1 atom stereocenters. The highest BCUT2D eigenvalue weighted by Gasteiger charge is 2.20. The lowest BCUT2D eigenvalue weighted by Gasteiger charge is -2.29. The zero-order valence-corrected chi connectivity index (χ0v) is 9.82. The van der Waals surface area contributed by atoms with E-state index >= 15 is 0 Å². The lowest BCUT2D eigenvalue weighted by Crippen LogP contribution is -2.39. The van der Waals surface area contributed by atoms with Gasteiger partial charge in [-0.3, -0.25) is 4.79 Å². The molecular weight excluding hydrogens is 210 g/mol. The van der Waals surface area contributed by atoms with Gasteiger partial charge in [0.25, 0.3) is 0 Å². The second-order valence-electron chi connectivity index (χ2n) is 3.81. The Morgan fingerprint density at radius 3 is 2.33 bits per heavy atom. The van der Waals surface area contributed by atoms with Crippen molar-refractivity contribution in [2.24, 2.45) is 5.92 Å². The first-order valence-electron chi connectivity index (χ1n) is 5.05. The second-order valence-corrected chi connectivity index (χ2v) is 4.12. The molecule has 0 radical (unpaired) electrons. The van der Waals surface area contributed by atoms with Crippen molar-refractivity contribution < 1.29 is 4.79 Å². The van der Waals surface area contributed by atoms with E-state index in [2.05, 4.69) is 13.8 Å². The summed E-state index contributed by atoms with van der Waals surface area (Å²) in [4.78, 5) is 12.8. The lowest BCUT2D eigenvalue weighted by atomic mass is 10.0. The van der Waals surface area contributed by atoms with Gasteiger partial charge in [-0.05, 0) is 18.1 Å². The minimum atomic E-state index is 0.0477. The Morgan fingerprint density at radius 2 is 1.93 bits per heavy atom. The van der Waals surface area contributed by atoms with Gasteiger partial charge in [0.05, 0.1) is 6.04 Å². The molecule has 1 amide bonds. The highest BCUT2D eigenvalue weighted by molar-refractivity contribution is 6.18. The minimum absolute atomic E-state index is 0.0477. The summed E-state index contributed by atoms with van der Waals surface area (Å²) in [6, 6.07) is 9.63. The standard InChI is InChI=1S/C12H16ClNO/c1-10(2)12(8-13)14(9-15)11-6-4-3-5-7-11/h3-7,9-10,12H,8H2,1-2H3/t12-/m1/s1. The second kappa shape index (κ2) is 5.76. The van der Waals surface area contributed by atoms with E-state index in [1.54, 1.807) is 4.90 Å². The number of halogens is 1. The molecule has 0 aliphatic rings. The first-order valence-corrected chi connectivity index (χ1v) is 5.58. The van der Waals surface area contributed by atoms with Crippen LogP contribution in [0.25, 0.3) is 0 Å². The Labute approximate surface area is 95.8 Å². The smallest absolute Gasteiger partial charge is 0.214 e. The molecule has 0 saturated carbocycles. The van der Waals surface area contributed by atoms with Gasteiger partial charge >= 0.3 is 0 Å². The molecule has 15 heavy (non-hydrogen) atoms. The molecular formula is C12H16ClNO. The van der Waals surface area contributed by atoms with Crippen LogP contribution in [0.4, 0.5) is 5.69 Å². The molecule has 0 heterocycles. The van der Waals surface area contributed by atoms with Gasteiger partial charge < -0.3 is 4.90 Å². The average Bonchev–Trinajstić information content (AvgIpc) is 2.26. The topological polar surface area (TPSA) is 20.3 Å². The highest BCUT2D eigenvalue weighted by Crippen LogP contribution is 2.19. The summed E-state index contributed by atoms with van der Waals surface area (Å²) >= 11 is 5.89. The highest BCUT2D eigenvalue weighted by atomic mass is 35.5. The molecule has 0 aliphatic heterocycles. The Kier molecular flexibility index (Phi) is 4.63. The van der Waals surface area contributed by atoms with Crippen molar-refractivity contribution in [3.05, 3.63) is 30.3 Å². The fraction of sp³-hybridized carbons (Fsp3) is 0.417. The number of rotatable bonds is 5. The number of hydrogen-bond donors (Lipinski definition) is 0. The van der Waals surface area contributed by atoms with Crippen LogP contribution in [0.3, 0.4) is 0 Å². The summed E-state index contributed by atoms with van der Waals surface area (Å²) in [6.07, 6.45) is 0.850. The van der Waals surface area contributed by atoms with Crippen LogP contribution in [0.2, 0.25) is 0 Å². The van der Waals surface area contributed by atoms with E-state index < -0.39 is 0 Å². The van der Waals surface area contributed by atoms with Gasteiger partial charge in [-0.15, -0.1) is 11.6 Å². The summed E-state index contributed by atoms with van der Waals surface area (Å²) in [5, 5.41) is 0. The van der Waals surface area contributed by atoms with E-state index in [1.807, 2.05) is 30.3 Å². The van der Waals surface area contributed by atoms with Gasteiger partial charge in [-0.1, -0.05) is 32.0 Å². The monoisotopic (exact) mass is 225 g/mol. The third-order valence-electron chi connectivity index (χ3n) is 2.45. The summed E-state index contributed by atoms with van der Waals surface area (Å²) in [5.41, 5.74) is 0.895. The quantitative estimate of drug-likeness (QED) is 0.558. The van der Waals surface area contributed by atoms with Gasteiger partial charge in [0, 0.05) is 11.6 Å². The number of carbonyl (C=O) groups is 1. The van der Waals surface area contributed by atoms with Crippen LogP contribution in [0.15, 0.2) is 30.3 Å². The normalized spacial score (nSPS) is 12.5. The van der Waals surface area contributed by atoms with Crippen LogP contribution >= 0.6 is 11.6 Å². The number of carbonyl (C=O) groups excluding carboxylic acids is 1. The Balaban J connectivity index is 2.92. The minimum Gasteiger partial charge on any atom is -0.310 e. The van der Waals surface area contributed by atoms with Crippen LogP contribution in [0.5, 0.6) is 0 Å². The van der Waals surface area contributed by atoms with Gasteiger partial charge in [-0.2, -0.15) is 0 Å². The number of alkyl halides is 1. The van der Waals surface area contributed by atoms with Crippen molar-refractivity contribution in [1.82, 2.24) is 0 Å². The molecule has 3 heteroatoms. The first-order chi connectivity index (χ1) is 7.20. The molecule has 0 bridgehead atoms. The van der Waals surface area contributed by atoms with E-state index in [1.165, 1.54) is 0 Å². The van der Waals surface area contributed by atoms with Crippen LogP contribution < -0.4 is 4.90 Å². The van der Waals surface area contributed by atoms with Crippen molar-refractivity contribution in [1.29, 1.82) is 0 Å². The molecule has 0 aliphatic carbocycles. The van der Waals surface area contributed by atoms with Crippen molar-refractivity contribution in [3.63, 3.8) is 0 Å². The maximum Gasteiger partial charge on any atom is 0.214 e. The number of anilines is 1. The van der Waals surface area contributed by atoms with E-state index in [9.17, 15) is 4.79 Å². The molecule has 0 fully saturated rings. The fourth-order valence-corrected chi connectivity index (χ4v) is 2.01. The van der Waals surface area contributed by atoms with Crippen LogP contribution in [0, 0.1) is 5.92 Å². The molecule has 1 aromatic rings. The average molecular weight is 226 g/mol. The molecule has 0 saturated heterocycles. The summed E-state index contributed by atoms with van der Waals surface area (Å²) in [7, 11) is 0. The number of benzene rings is 1. The maximum absolute atomic E-state index is 11.1. The number of amides is 1. The Hall–Kier alpha value is -1.02. The van der Waals surface area contributed by atoms with Gasteiger partial charge in [-0.25, -0.2) is 0 Å². The zero-order chi connectivity index (χ0) is 11.3. The van der Waals surface area contributed by atoms with Crippen LogP contribution in [-0.2, 0) is 4.79 Å². The Bertz CT molecular complexity index is 300. The number of nitrogens with zero attached hydrogens (tertiary/aromatic N) is 1. The lowest BCUT2D eigenvalue weighted by molar-refractivity contribution is -0.108. The van der Waals surface area contributed by atoms with E-state index in [0.29, 0.717) is 11.8 Å². The van der Waals surface area contributed by atoms with E-state index in [0.717, 1.165) is 12.1 Å². The van der Waals surface area contributed by atoms with Crippen molar-refractivity contribution in [3.8, 4) is 0 Å². The van der Waals surface area contributed by atoms with Gasteiger partial charge in [0.2, 0.25) is 6.41 Å². The summed E-state index contributed by atoms with van der Waals surface area (Å²) in [5.74, 6) is 0.790. The number of hydrogen-bond acceptors (Lipinski definition) is 1. The van der Waals surface area contributed by atoms with Crippen molar-refractivity contribution >= 4 is 23.7 Å². The molecule has 2 nitrogen and oxygen atoms in total. The molecule has 82 valence electrons. The predicted octanol–water partition coefficient (Wildman–Crippen LogP) is 2.91. The predicted molar refractivity (Wildman–Crippen MR) is 64.3 cm³/mol. The molecule has 1 rings (SSSR count). The number of para-hydroxylation sites is 1. The third-order valence-corrected chi connectivity index (χ3v) is 2.77. The van der Waals surface area contributed by atoms with Crippen molar-refractivity contribution in [2.45, 2.75) is 19.9 Å². The fourth-order valence-electron chi connectivity index (χ4n) is 1.50. The van der Waals surface area contributed by atoms with E-state index in [-0.39, 0.29) is 6.04 Å². The van der Waals surface area contributed by atoms with Gasteiger partial charge in [0.15, 0.2) is 0 Å². The zero-order valence-electron chi connectivity index (χ0n) is 9.06. The van der Waals surface area contributed by atoms with Crippen LogP contribution in [-0.4, -0.2) is 18.3 Å². The molecule has 1 aromatic carbocycles.